The van der Waals surface area contributed by atoms with E-state index in [2.05, 4.69) is 81.4 Å². The highest BCUT2D eigenvalue weighted by Crippen LogP contribution is 2.42. The smallest absolute Gasteiger partial charge is 0.174 e. The van der Waals surface area contributed by atoms with Crippen molar-refractivity contribution < 1.29 is 4.74 Å². The maximum atomic E-state index is 6.02. The Hall–Kier alpha value is -4.42. The molecule has 2 atom stereocenters. The van der Waals surface area contributed by atoms with E-state index >= 15 is 0 Å². The van der Waals surface area contributed by atoms with Crippen molar-refractivity contribution in [1.82, 2.24) is 14.9 Å². The van der Waals surface area contributed by atoms with E-state index in [1.165, 1.54) is 5.56 Å². The minimum absolute atomic E-state index is 0.112. The third kappa shape index (κ3) is 4.59. The molecule has 0 radical (unpaired) electrons. The van der Waals surface area contributed by atoms with Gasteiger partial charge in [0.2, 0.25) is 0 Å². The predicted molar refractivity (Wildman–Crippen MR) is 151 cm³/mol. The number of nitrogens with zero attached hydrogens (tertiary/aromatic N) is 3. The van der Waals surface area contributed by atoms with Crippen LogP contribution in [0.4, 0.5) is 5.69 Å². The van der Waals surface area contributed by atoms with Gasteiger partial charge in [-0.15, -0.1) is 0 Å². The lowest BCUT2D eigenvalue weighted by Crippen LogP contribution is -2.30. The van der Waals surface area contributed by atoms with Crippen LogP contribution in [-0.4, -0.2) is 14.7 Å². The molecule has 1 aliphatic rings. The molecule has 0 bridgehead atoms. The molecule has 6 heteroatoms. The van der Waals surface area contributed by atoms with Crippen LogP contribution in [0.5, 0.6) is 11.5 Å². The number of ether oxygens (including phenoxy) is 1. The van der Waals surface area contributed by atoms with Gasteiger partial charge < -0.3 is 19.5 Å². The molecule has 3 heterocycles. The second kappa shape index (κ2) is 9.91. The van der Waals surface area contributed by atoms with E-state index in [0.717, 1.165) is 34.3 Å². The Balaban J connectivity index is 1.41. The number of rotatable bonds is 6. The molecule has 3 aromatic carbocycles. The van der Waals surface area contributed by atoms with Gasteiger partial charge in [-0.3, -0.25) is 4.98 Å². The topological polar surface area (TPSA) is 42.3 Å². The molecule has 0 unspecified atom stereocenters. The van der Waals surface area contributed by atoms with Crippen LogP contribution in [0.1, 0.15) is 29.0 Å². The second-order valence-corrected chi connectivity index (χ2v) is 9.43. The normalized spacial score (nSPS) is 17.0. The highest BCUT2D eigenvalue weighted by Gasteiger charge is 2.42. The summed E-state index contributed by atoms with van der Waals surface area (Å²) in [6.07, 6.45) is 3.94. The van der Waals surface area contributed by atoms with E-state index in [4.69, 9.17) is 17.0 Å². The van der Waals surface area contributed by atoms with Crippen LogP contribution in [0.15, 0.2) is 122 Å². The van der Waals surface area contributed by atoms with Crippen molar-refractivity contribution in [2.24, 2.45) is 0 Å². The van der Waals surface area contributed by atoms with Gasteiger partial charge in [0.1, 0.15) is 17.5 Å². The predicted octanol–water partition coefficient (Wildman–Crippen LogP) is 7.15. The number of hydrogen-bond acceptors (Lipinski definition) is 3. The van der Waals surface area contributed by atoms with Crippen molar-refractivity contribution in [2.75, 3.05) is 4.90 Å². The molecule has 5 aromatic rings. The number of aryl methyl sites for hydroxylation is 1. The van der Waals surface area contributed by atoms with Crippen LogP contribution >= 0.6 is 12.2 Å². The molecule has 1 aliphatic heterocycles. The average Bonchev–Trinajstić information content (AvgIpc) is 3.55. The Morgan fingerprint density at radius 2 is 1.57 bits per heavy atom. The van der Waals surface area contributed by atoms with Gasteiger partial charge in [-0.1, -0.05) is 36.4 Å². The molecule has 1 N–H and O–H groups in total. The van der Waals surface area contributed by atoms with Gasteiger partial charge >= 0.3 is 0 Å². The Labute approximate surface area is 222 Å². The van der Waals surface area contributed by atoms with Crippen LogP contribution in [0.25, 0.3) is 5.69 Å². The van der Waals surface area contributed by atoms with Gasteiger partial charge in [-0.25, -0.2) is 0 Å². The SMILES string of the molecule is Cc1cccc(-n2cccc2[C@@H]2[C@@H](c3ccccn3)NC(=S)N2c2ccc(Oc3ccccc3)cc2)c1. The molecule has 6 rings (SSSR count). The van der Waals surface area contributed by atoms with Crippen molar-refractivity contribution >= 4 is 23.0 Å². The van der Waals surface area contributed by atoms with Crippen molar-refractivity contribution in [3.05, 3.63) is 139 Å². The van der Waals surface area contributed by atoms with E-state index in [1.54, 1.807) is 0 Å². The lowest BCUT2D eigenvalue weighted by atomic mass is 10.0. The largest absolute Gasteiger partial charge is 0.457 e. The maximum absolute atomic E-state index is 6.02. The molecular weight excluding hydrogens is 476 g/mol. The number of benzene rings is 3. The monoisotopic (exact) mass is 502 g/mol. The van der Waals surface area contributed by atoms with Crippen molar-refractivity contribution in [3.8, 4) is 17.2 Å². The minimum Gasteiger partial charge on any atom is -0.457 e. The van der Waals surface area contributed by atoms with Crippen LogP contribution in [0, 0.1) is 6.92 Å². The zero-order valence-electron chi connectivity index (χ0n) is 20.4. The zero-order valence-corrected chi connectivity index (χ0v) is 21.2. The number of anilines is 1. The lowest BCUT2D eigenvalue weighted by Gasteiger charge is -2.29. The quantitative estimate of drug-likeness (QED) is 0.250. The first-order valence-electron chi connectivity index (χ1n) is 12.3. The van der Waals surface area contributed by atoms with E-state index in [-0.39, 0.29) is 12.1 Å². The van der Waals surface area contributed by atoms with Gasteiger partial charge in [0, 0.05) is 29.5 Å². The molecule has 182 valence electrons. The number of aromatic nitrogens is 2. The van der Waals surface area contributed by atoms with Gasteiger partial charge in [0.15, 0.2) is 5.11 Å². The summed E-state index contributed by atoms with van der Waals surface area (Å²) in [5.74, 6) is 1.58. The average molecular weight is 503 g/mol. The van der Waals surface area contributed by atoms with E-state index in [9.17, 15) is 0 Å². The number of nitrogens with one attached hydrogen (secondary N) is 1. The Kier molecular flexibility index (Phi) is 6.16. The molecule has 1 saturated heterocycles. The number of thiocarbonyl (C=S) groups is 1. The Morgan fingerprint density at radius 1 is 0.784 bits per heavy atom. The molecule has 37 heavy (non-hydrogen) atoms. The fraction of sp³-hybridized carbons (Fsp3) is 0.0968. The summed E-state index contributed by atoms with van der Waals surface area (Å²) in [5, 5.41) is 4.21. The standard InChI is InChI=1S/C31H26N4OS/c1-22-9-7-10-24(21-22)34-20-8-14-28(34)30-29(27-13-5-6-19-32-27)33-31(37)35(30)23-15-17-26(18-16-23)36-25-11-3-2-4-12-25/h2-21,29-30H,1H3,(H,33,37)/t29-,30-/m1/s1. The summed E-state index contributed by atoms with van der Waals surface area (Å²) in [7, 11) is 0. The van der Waals surface area contributed by atoms with Crippen molar-refractivity contribution in [2.45, 2.75) is 19.0 Å². The van der Waals surface area contributed by atoms with E-state index in [0.29, 0.717) is 5.11 Å². The first kappa shape index (κ1) is 23.0. The second-order valence-electron chi connectivity index (χ2n) is 9.05. The first-order chi connectivity index (χ1) is 18.2. The van der Waals surface area contributed by atoms with Gasteiger partial charge in [-0.2, -0.15) is 0 Å². The molecular formula is C31H26N4OS. The molecule has 0 aliphatic carbocycles. The molecule has 0 amide bonds. The van der Waals surface area contributed by atoms with Gasteiger partial charge in [0.05, 0.1) is 11.7 Å². The maximum Gasteiger partial charge on any atom is 0.174 e. The van der Waals surface area contributed by atoms with Crippen molar-refractivity contribution in [1.29, 1.82) is 0 Å². The van der Waals surface area contributed by atoms with Crippen LogP contribution in [0.2, 0.25) is 0 Å². The van der Waals surface area contributed by atoms with Gasteiger partial charge in [-0.05, 0) is 97.5 Å². The third-order valence-electron chi connectivity index (χ3n) is 6.56. The Bertz CT molecular complexity index is 1520. The third-order valence-corrected chi connectivity index (χ3v) is 6.87. The summed E-state index contributed by atoms with van der Waals surface area (Å²) < 4.78 is 8.26. The fourth-order valence-corrected chi connectivity index (χ4v) is 5.23. The summed E-state index contributed by atoms with van der Waals surface area (Å²) >= 11 is 5.92. The molecule has 2 aromatic heterocycles. The zero-order chi connectivity index (χ0) is 25.2. The summed E-state index contributed by atoms with van der Waals surface area (Å²) in [6, 6.07) is 36.4. The number of pyridine rings is 1. The molecule has 0 spiro atoms. The van der Waals surface area contributed by atoms with Crippen LogP contribution in [0.3, 0.4) is 0 Å². The Morgan fingerprint density at radius 3 is 2.32 bits per heavy atom. The van der Waals surface area contributed by atoms with E-state index in [1.807, 2.05) is 66.9 Å². The summed E-state index contributed by atoms with van der Waals surface area (Å²) in [4.78, 5) is 6.87. The summed E-state index contributed by atoms with van der Waals surface area (Å²) in [5.41, 5.74) is 5.38. The van der Waals surface area contributed by atoms with Crippen molar-refractivity contribution in [3.63, 3.8) is 0 Å². The van der Waals surface area contributed by atoms with Gasteiger partial charge in [0.25, 0.3) is 0 Å². The highest BCUT2D eigenvalue weighted by atomic mass is 32.1. The van der Waals surface area contributed by atoms with E-state index < -0.39 is 0 Å². The lowest BCUT2D eigenvalue weighted by molar-refractivity contribution is 0.482. The fourth-order valence-electron chi connectivity index (χ4n) is 4.88. The highest BCUT2D eigenvalue weighted by molar-refractivity contribution is 7.80. The first-order valence-corrected chi connectivity index (χ1v) is 12.7. The minimum atomic E-state index is -0.118. The number of hydrogen-bond donors (Lipinski definition) is 1. The summed E-state index contributed by atoms with van der Waals surface area (Å²) in [6.45, 7) is 2.11. The van der Waals surface area contributed by atoms with Crippen LogP contribution in [-0.2, 0) is 0 Å². The molecule has 5 nitrogen and oxygen atoms in total. The van der Waals surface area contributed by atoms with Crippen LogP contribution < -0.4 is 15.0 Å². The number of para-hydroxylation sites is 1. The molecule has 1 fully saturated rings. The molecule has 0 saturated carbocycles.